The van der Waals surface area contributed by atoms with Gasteiger partial charge in [-0.3, -0.25) is 0 Å². The molecule has 3 N–H and O–H groups in total. The van der Waals surface area contributed by atoms with Crippen LogP contribution in [0.3, 0.4) is 0 Å². The van der Waals surface area contributed by atoms with E-state index < -0.39 is 5.97 Å². The smallest absolute Gasteiger partial charge is 0.335 e. The van der Waals surface area contributed by atoms with E-state index in [9.17, 15) is 14.0 Å². The van der Waals surface area contributed by atoms with Crippen LogP contribution in [-0.4, -0.2) is 39.6 Å². The summed E-state index contributed by atoms with van der Waals surface area (Å²) in [6.45, 7) is 3.21. The molecule has 2 aromatic carbocycles. The maximum Gasteiger partial charge on any atom is 0.335 e. The molecule has 34 heavy (non-hydrogen) atoms. The zero-order chi connectivity index (χ0) is 24.1. The first-order valence-electron chi connectivity index (χ1n) is 11.3. The molecule has 2 amide bonds. The van der Waals surface area contributed by atoms with Crippen molar-refractivity contribution in [1.82, 2.24) is 9.88 Å². The first-order valence-corrected chi connectivity index (χ1v) is 12.1. The van der Waals surface area contributed by atoms with Crippen LogP contribution in [-0.2, 0) is 19.4 Å². The van der Waals surface area contributed by atoms with E-state index in [1.807, 2.05) is 11.8 Å². The largest absolute Gasteiger partial charge is 0.478 e. The number of carbonyl (C=O) groups excluding carboxylic acids is 1. The lowest BCUT2D eigenvalue weighted by Crippen LogP contribution is -2.45. The molecule has 1 unspecified atom stereocenters. The third kappa shape index (κ3) is 5.72. The molecule has 9 heteroatoms. The van der Waals surface area contributed by atoms with Gasteiger partial charge in [0.15, 0.2) is 5.13 Å². The van der Waals surface area contributed by atoms with Crippen LogP contribution in [0.25, 0.3) is 0 Å². The van der Waals surface area contributed by atoms with Gasteiger partial charge in [-0.25, -0.2) is 19.0 Å². The van der Waals surface area contributed by atoms with E-state index in [0.29, 0.717) is 18.8 Å². The third-order valence-electron chi connectivity index (χ3n) is 5.80. The highest BCUT2D eigenvalue weighted by molar-refractivity contribution is 7.15. The quantitative estimate of drug-likeness (QED) is 0.400. The number of aryl methyl sites for hydroxylation is 1. The molecule has 0 aliphatic heterocycles. The van der Waals surface area contributed by atoms with E-state index >= 15 is 0 Å². The lowest BCUT2D eigenvalue weighted by atomic mass is 9.96. The van der Waals surface area contributed by atoms with Gasteiger partial charge in [-0.1, -0.05) is 25.1 Å². The Kier molecular flexibility index (Phi) is 7.42. The Hall–Kier alpha value is -3.46. The van der Waals surface area contributed by atoms with Crippen LogP contribution in [0.5, 0.6) is 0 Å². The highest BCUT2D eigenvalue weighted by atomic mass is 32.1. The van der Waals surface area contributed by atoms with E-state index in [1.165, 1.54) is 17.0 Å². The molecule has 4 rings (SSSR count). The van der Waals surface area contributed by atoms with Gasteiger partial charge >= 0.3 is 12.0 Å². The van der Waals surface area contributed by atoms with Gasteiger partial charge in [-0.15, -0.1) is 11.3 Å². The van der Waals surface area contributed by atoms with Crippen LogP contribution in [0, 0.1) is 5.82 Å². The van der Waals surface area contributed by atoms with Crippen molar-refractivity contribution in [3.8, 4) is 0 Å². The molecule has 0 spiro atoms. The summed E-state index contributed by atoms with van der Waals surface area (Å²) in [5.74, 6) is -1.33. The van der Waals surface area contributed by atoms with Gasteiger partial charge in [0.05, 0.1) is 11.3 Å². The Labute approximate surface area is 201 Å². The van der Waals surface area contributed by atoms with Gasteiger partial charge < -0.3 is 20.6 Å². The van der Waals surface area contributed by atoms with Gasteiger partial charge in [0.25, 0.3) is 0 Å². The van der Waals surface area contributed by atoms with Crippen LogP contribution < -0.4 is 10.6 Å². The number of hydrogen-bond donors (Lipinski definition) is 3. The molecule has 1 atom stereocenters. The van der Waals surface area contributed by atoms with E-state index in [2.05, 4.69) is 10.6 Å². The topological polar surface area (TPSA) is 94.6 Å². The normalized spacial score (nSPS) is 14.8. The van der Waals surface area contributed by atoms with Crippen molar-refractivity contribution in [2.75, 3.05) is 17.2 Å². The summed E-state index contributed by atoms with van der Waals surface area (Å²) >= 11 is 1.60. The molecule has 1 aromatic heterocycles. The molecule has 0 saturated heterocycles. The fourth-order valence-corrected chi connectivity index (χ4v) is 5.17. The van der Waals surface area contributed by atoms with Crippen molar-refractivity contribution < 1.29 is 19.1 Å². The van der Waals surface area contributed by atoms with E-state index in [-0.39, 0.29) is 23.5 Å². The number of anilines is 2. The maximum atomic E-state index is 13.5. The first kappa shape index (κ1) is 23.7. The number of benzene rings is 2. The SMILES string of the molecule is CCCN(C(=O)Nc1cccc(F)c1)C1CCc2nc(NCc3ccc(C(=O)O)cc3)sc2C1. The van der Waals surface area contributed by atoms with Crippen LogP contribution >= 0.6 is 11.3 Å². The number of carboxylic acids is 1. The lowest BCUT2D eigenvalue weighted by molar-refractivity contribution is 0.0697. The van der Waals surface area contributed by atoms with Gasteiger partial charge in [-0.05, 0) is 55.2 Å². The standard InChI is InChI=1S/C25H27FN4O3S/c1-2-12-30(25(33)28-19-5-3-4-18(26)13-19)20-10-11-21-22(14-20)34-24(29-21)27-15-16-6-8-17(9-7-16)23(31)32/h3-9,13,20H,2,10-12,14-15H2,1H3,(H,27,29)(H,28,33)(H,31,32). The van der Waals surface area contributed by atoms with Crippen molar-refractivity contribution in [3.05, 3.63) is 76.0 Å². The molecule has 0 bridgehead atoms. The Balaban J connectivity index is 1.39. The van der Waals surface area contributed by atoms with Crippen molar-refractivity contribution in [2.24, 2.45) is 0 Å². The van der Waals surface area contributed by atoms with Crippen LogP contribution in [0.4, 0.5) is 20.0 Å². The number of thiazole rings is 1. The van der Waals surface area contributed by atoms with Gasteiger partial charge in [0.2, 0.25) is 0 Å². The predicted molar refractivity (Wildman–Crippen MR) is 131 cm³/mol. The summed E-state index contributed by atoms with van der Waals surface area (Å²) < 4.78 is 13.5. The predicted octanol–water partition coefficient (Wildman–Crippen LogP) is 5.39. The minimum Gasteiger partial charge on any atom is -0.478 e. The molecule has 178 valence electrons. The summed E-state index contributed by atoms with van der Waals surface area (Å²) in [4.78, 5) is 31.7. The molecule has 1 heterocycles. The first-order chi connectivity index (χ1) is 16.4. The van der Waals surface area contributed by atoms with Crippen LogP contribution in [0.15, 0.2) is 48.5 Å². The molecule has 3 aromatic rings. The Bertz CT molecular complexity index is 1170. The van der Waals surface area contributed by atoms with Gasteiger partial charge in [0, 0.05) is 36.1 Å². The Morgan fingerprint density at radius 2 is 2.03 bits per heavy atom. The number of amides is 2. The molecule has 7 nitrogen and oxygen atoms in total. The summed E-state index contributed by atoms with van der Waals surface area (Å²) in [6.07, 6.45) is 3.18. The van der Waals surface area contributed by atoms with E-state index in [0.717, 1.165) is 42.1 Å². The highest BCUT2D eigenvalue weighted by Crippen LogP contribution is 2.32. The Morgan fingerprint density at radius 3 is 2.74 bits per heavy atom. The average Bonchev–Trinajstić information content (AvgIpc) is 3.23. The molecule has 0 radical (unpaired) electrons. The highest BCUT2D eigenvalue weighted by Gasteiger charge is 2.29. The fraction of sp³-hybridized carbons (Fsp3) is 0.320. The fourth-order valence-electron chi connectivity index (χ4n) is 4.09. The van der Waals surface area contributed by atoms with E-state index in [1.54, 1.807) is 47.7 Å². The summed E-state index contributed by atoms with van der Waals surface area (Å²) in [5.41, 5.74) is 2.74. The maximum absolute atomic E-state index is 13.5. The molecule has 1 aliphatic rings. The molecule has 1 aliphatic carbocycles. The van der Waals surface area contributed by atoms with Crippen molar-refractivity contribution in [1.29, 1.82) is 0 Å². The number of urea groups is 1. The number of carboxylic acid groups (broad SMARTS) is 1. The third-order valence-corrected chi connectivity index (χ3v) is 6.88. The molecule has 0 saturated carbocycles. The molecule has 0 fully saturated rings. The van der Waals surface area contributed by atoms with E-state index in [4.69, 9.17) is 10.1 Å². The zero-order valence-corrected chi connectivity index (χ0v) is 19.7. The summed E-state index contributed by atoms with van der Waals surface area (Å²) in [5, 5.41) is 16.0. The second-order valence-corrected chi connectivity index (χ2v) is 9.36. The summed E-state index contributed by atoms with van der Waals surface area (Å²) in [7, 11) is 0. The molecular formula is C25H27FN4O3S. The number of nitrogens with zero attached hydrogens (tertiary/aromatic N) is 2. The number of nitrogens with one attached hydrogen (secondary N) is 2. The van der Waals surface area contributed by atoms with Gasteiger partial charge in [-0.2, -0.15) is 0 Å². The zero-order valence-electron chi connectivity index (χ0n) is 18.9. The number of aromatic carboxylic acids is 1. The lowest BCUT2D eigenvalue weighted by Gasteiger charge is -2.33. The van der Waals surface area contributed by atoms with Crippen LogP contribution in [0.1, 0.15) is 46.3 Å². The molecular weight excluding hydrogens is 455 g/mol. The van der Waals surface area contributed by atoms with Crippen molar-refractivity contribution in [2.45, 2.75) is 45.2 Å². The second kappa shape index (κ2) is 10.6. The second-order valence-electron chi connectivity index (χ2n) is 8.28. The van der Waals surface area contributed by atoms with Crippen molar-refractivity contribution in [3.63, 3.8) is 0 Å². The van der Waals surface area contributed by atoms with Gasteiger partial charge in [0.1, 0.15) is 5.82 Å². The Morgan fingerprint density at radius 1 is 1.24 bits per heavy atom. The minimum absolute atomic E-state index is 0.0536. The van der Waals surface area contributed by atoms with Crippen molar-refractivity contribution >= 4 is 34.2 Å². The number of halogens is 1. The monoisotopic (exact) mass is 482 g/mol. The minimum atomic E-state index is -0.941. The number of fused-ring (bicyclic) bond motifs is 1. The number of carbonyl (C=O) groups is 2. The summed E-state index contributed by atoms with van der Waals surface area (Å²) in [6, 6.07) is 12.5. The average molecular weight is 483 g/mol. The van der Waals surface area contributed by atoms with Crippen LogP contribution in [0.2, 0.25) is 0 Å². The number of hydrogen-bond acceptors (Lipinski definition) is 5. The number of rotatable bonds is 8. The number of aromatic nitrogens is 1.